The van der Waals surface area contributed by atoms with E-state index in [0.29, 0.717) is 27.8 Å². The molecule has 160 valence electrons. The normalized spacial score (nSPS) is 14.3. The van der Waals surface area contributed by atoms with Crippen LogP contribution in [0.1, 0.15) is 25.0 Å². The third kappa shape index (κ3) is 6.60. The van der Waals surface area contributed by atoms with Crippen molar-refractivity contribution in [2.24, 2.45) is 0 Å². The number of nitrogens with zero attached hydrogens (tertiary/aromatic N) is 1. The topological polar surface area (TPSA) is 82.0 Å². The Balaban J connectivity index is 1.85. The molecule has 0 bridgehead atoms. The molecule has 0 spiro atoms. The Hall–Kier alpha value is -1.80. The lowest BCUT2D eigenvalue weighted by atomic mass is 10.1. The minimum Gasteiger partial charge on any atom is -0.507 e. The van der Waals surface area contributed by atoms with E-state index in [9.17, 15) is 14.4 Å². The lowest BCUT2D eigenvalue weighted by Gasteiger charge is -2.23. The van der Waals surface area contributed by atoms with E-state index in [1.807, 2.05) is 25.2 Å². The van der Waals surface area contributed by atoms with E-state index in [-0.39, 0.29) is 11.8 Å². The highest BCUT2D eigenvalue weighted by Crippen LogP contribution is 2.29. The first-order chi connectivity index (χ1) is 13.7. The van der Waals surface area contributed by atoms with Crippen LogP contribution < -0.4 is 15.0 Å². The monoisotopic (exact) mass is 440 g/mol. The number of benzene rings is 2. The SMILES string of the molecule is COc1ccc(N(C)CCC(C)NCC(O)c2ccc(O)c(S(C)=O)c2)cc1Cl. The number of anilines is 1. The van der Waals surface area contributed by atoms with E-state index in [0.717, 1.165) is 18.7 Å². The minimum absolute atomic E-state index is 0.0233. The van der Waals surface area contributed by atoms with Gasteiger partial charge in [0.05, 0.1) is 33.9 Å². The van der Waals surface area contributed by atoms with Crippen molar-refractivity contribution in [3.8, 4) is 11.5 Å². The van der Waals surface area contributed by atoms with Crippen molar-refractivity contribution in [2.75, 3.05) is 38.4 Å². The van der Waals surface area contributed by atoms with Crippen molar-refractivity contribution < 1.29 is 19.2 Å². The van der Waals surface area contributed by atoms with Crippen molar-refractivity contribution in [3.05, 3.63) is 47.0 Å². The van der Waals surface area contributed by atoms with Crippen molar-refractivity contribution >= 4 is 28.1 Å². The molecule has 0 saturated heterocycles. The molecule has 0 saturated carbocycles. The highest BCUT2D eigenvalue weighted by molar-refractivity contribution is 7.84. The summed E-state index contributed by atoms with van der Waals surface area (Å²) < 4.78 is 16.8. The van der Waals surface area contributed by atoms with E-state index in [4.69, 9.17) is 16.3 Å². The van der Waals surface area contributed by atoms with E-state index in [1.54, 1.807) is 19.2 Å². The third-order valence-corrected chi connectivity index (χ3v) is 6.05. The van der Waals surface area contributed by atoms with Crippen LogP contribution in [0.4, 0.5) is 5.69 Å². The fourth-order valence-electron chi connectivity index (χ4n) is 2.91. The van der Waals surface area contributed by atoms with Crippen LogP contribution in [-0.2, 0) is 10.8 Å². The molecule has 0 heterocycles. The minimum atomic E-state index is -1.31. The van der Waals surface area contributed by atoms with Crippen LogP contribution in [0.25, 0.3) is 0 Å². The third-order valence-electron chi connectivity index (χ3n) is 4.81. The largest absolute Gasteiger partial charge is 0.507 e. The summed E-state index contributed by atoms with van der Waals surface area (Å²) in [5.74, 6) is 0.627. The molecular weight excluding hydrogens is 412 g/mol. The summed E-state index contributed by atoms with van der Waals surface area (Å²) in [4.78, 5) is 2.44. The molecule has 3 N–H and O–H groups in total. The summed E-state index contributed by atoms with van der Waals surface area (Å²) in [6.07, 6.45) is 1.61. The molecule has 3 atom stereocenters. The van der Waals surface area contributed by atoms with E-state index in [1.165, 1.54) is 12.3 Å². The average molecular weight is 441 g/mol. The Morgan fingerprint density at radius 1 is 1.28 bits per heavy atom. The quantitative estimate of drug-likeness (QED) is 0.525. The highest BCUT2D eigenvalue weighted by Gasteiger charge is 2.14. The molecule has 8 heteroatoms. The summed E-state index contributed by atoms with van der Waals surface area (Å²) in [5.41, 5.74) is 1.63. The van der Waals surface area contributed by atoms with Gasteiger partial charge < -0.3 is 25.2 Å². The summed E-state index contributed by atoms with van der Waals surface area (Å²) in [5, 5.41) is 24.1. The number of ether oxygens (including phenoxy) is 1. The number of nitrogens with one attached hydrogen (secondary N) is 1. The first kappa shape index (κ1) is 23.5. The maximum Gasteiger partial charge on any atom is 0.137 e. The van der Waals surface area contributed by atoms with Gasteiger partial charge in [-0.05, 0) is 49.2 Å². The van der Waals surface area contributed by atoms with Crippen LogP contribution in [0.2, 0.25) is 5.02 Å². The predicted octanol–water partition coefficient (Wildman–Crippen LogP) is 3.33. The van der Waals surface area contributed by atoms with E-state index >= 15 is 0 Å². The number of phenolic OH excluding ortho intramolecular Hbond substituents is 1. The van der Waals surface area contributed by atoms with Gasteiger partial charge in [0.15, 0.2) is 0 Å². The summed E-state index contributed by atoms with van der Waals surface area (Å²) in [6.45, 7) is 3.23. The van der Waals surface area contributed by atoms with Gasteiger partial charge >= 0.3 is 0 Å². The van der Waals surface area contributed by atoms with Crippen LogP contribution in [0.5, 0.6) is 11.5 Å². The van der Waals surface area contributed by atoms with Crippen LogP contribution in [0.3, 0.4) is 0 Å². The summed E-state index contributed by atoms with van der Waals surface area (Å²) >= 11 is 6.19. The lowest BCUT2D eigenvalue weighted by Crippen LogP contribution is -2.33. The molecule has 0 radical (unpaired) electrons. The Morgan fingerprint density at radius 3 is 2.62 bits per heavy atom. The van der Waals surface area contributed by atoms with E-state index in [2.05, 4.69) is 17.1 Å². The van der Waals surface area contributed by atoms with Crippen molar-refractivity contribution in [3.63, 3.8) is 0 Å². The number of hydrogen-bond donors (Lipinski definition) is 3. The van der Waals surface area contributed by atoms with Gasteiger partial charge in [-0.1, -0.05) is 17.7 Å². The lowest BCUT2D eigenvalue weighted by molar-refractivity contribution is 0.170. The molecular formula is C21H29ClN2O4S. The summed E-state index contributed by atoms with van der Waals surface area (Å²) in [6, 6.07) is 10.6. The molecule has 3 unspecified atom stereocenters. The average Bonchev–Trinajstić information content (AvgIpc) is 2.70. The van der Waals surface area contributed by atoms with Gasteiger partial charge in [-0.3, -0.25) is 4.21 Å². The van der Waals surface area contributed by atoms with Gasteiger partial charge in [0, 0.05) is 38.1 Å². The molecule has 0 aromatic heterocycles. The van der Waals surface area contributed by atoms with Gasteiger partial charge in [-0.2, -0.15) is 0 Å². The number of aliphatic hydroxyl groups excluding tert-OH is 1. The Labute approximate surface area is 179 Å². The van der Waals surface area contributed by atoms with E-state index < -0.39 is 16.9 Å². The van der Waals surface area contributed by atoms with Gasteiger partial charge in [0.1, 0.15) is 11.5 Å². The Morgan fingerprint density at radius 2 is 2.00 bits per heavy atom. The zero-order valence-corrected chi connectivity index (χ0v) is 18.8. The Bertz CT molecular complexity index is 849. The maximum atomic E-state index is 11.7. The molecule has 0 amide bonds. The molecule has 0 fully saturated rings. The predicted molar refractivity (Wildman–Crippen MR) is 119 cm³/mol. The number of hydrogen-bond acceptors (Lipinski definition) is 6. The molecule has 6 nitrogen and oxygen atoms in total. The van der Waals surface area contributed by atoms with Gasteiger partial charge in [-0.25, -0.2) is 0 Å². The number of phenols is 1. The molecule has 0 aliphatic rings. The standard InChI is InChI=1S/C21H29ClN2O4S/c1-14(9-10-24(2)16-6-8-20(28-3)17(22)12-16)23-13-19(26)15-5-7-18(25)21(11-15)29(4)27/h5-8,11-12,14,19,23,25-26H,9-10,13H2,1-4H3. The second-order valence-corrected chi connectivity index (χ2v) is 8.79. The summed E-state index contributed by atoms with van der Waals surface area (Å²) in [7, 11) is 2.28. The van der Waals surface area contributed by atoms with Crippen LogP contribution in [0, 0.1) is 0 Å². The second-order valence-electron chi connectivity index (χ2n) is 7.04. The molecule has 0 aliphatic carbocycles. The number of halogens is 1. The first-order valence-corrected chi connectivity index (χ1v) is 11.3. The number of aromatic hydroxyl groups is 1. The highest BCUT2D eigenvalue weighted by atomic mass is 35.5. The fraction of sp³-hybridized carbons (Fsp3) is 0.429. The first-order valence-electron chi connectivity index (χ1n) is 9.35. The van der Waals surface area contributed by atoms with Crippen LogP contribution in [-0.4, -0.2) is 54.0 Å². The number of rotatable bonds is 10. The molecule has 2 aromatic rings. The smallest absolute Gasteiger partial charge is 0.137 e. The van der Waals surface area contributed by atoms with Gasteiger partial charge in [-0.15, -0.1) is 0 Å². The van der Waals surface area contributed by atoms with Gasteiger partial charge in [0.25, 0.3) is 0 Å². The molecule has 2 rings (SSSR count). The Kier molecular flexibility index (Phi) is 8.77. The molecule has 2 aromatic carbocycles. The molecule has 0 aliphatic heterocycles. The zero-order chi connectivity index (χ0) is 21.6. The molecule has 29 heavy (non-hydrogen) atoms. The van der Waals surface area contributed by atoms with Crippen LogP contribution in [0.15, 0.2) is 41.3 Å². The fourth-order valence-corrected chi connectivity index (χ4v) is 3.83. The van der Waals surface area contributed by atoms with Crippen molar-refractivity contribution in [2.45, 2.75) is 30.4 Å². The maximum absolute atomic E-state index is 11.7. The van der Waals surface area contributed by atoms with Crippen LogP contribution >= 0.6 is 11.6 Å². The van der Waals surface area contributed by atoms with Crippen molar-refractivity contribution in [1.82, 2.24) is 5.32 Å². The number of methoxy groups -OCH3 is 1. The number of aliphatic hydroxyl groups is 1. The van der Waals surface area contributed by atoms with Gasteiger partial charge in [0.2, 0.25) is 0 Å². The zero-order valence-electron chi connectivity index (χ0n) is 17.2. The van der Waals surface area contributed by atoms with Crippen molar-refractivity contribution in [1.29, 1.82) is 0 Å². The second kappa shape index (κ2) is 10.8.